The van der Waals surface area contributed by atoms with E-state index < -0.39 is 23.7 Å². The Morgan fingerprint density at radius 1 is 0.917 bits per heavy atom. The topological polar surface area (TPSA) is 163 Å². The Bertz CT molecular complexity index is 1850. The first kappa shape index (κ1) is 31.4. The first-order valence-corrected chi connectivity index (χ1v) is 16.5. The molecule has 4 aliphatic rings. The number of imidazole rings is 1. The molecule has 8 rings (SSSR count). The fourth-order valence-electron chi connectivity index (χ4n) is 8.72. The lowest BCUT2D eigenvalue weighted by Gasteiger charge is -2.56. The molecule has 248 valence electrons. The van der Waals surface area contributed by atoms with Gasteiger partial charge in [-0.05, 0) is 97.6 Å². The molecule has 4 aliphatic carbocycles. The summed E-state index contributed by atoms with van der Waals surface area (Å²) in [5.74, 6) is -0.732. The zero-order valence-electron chi connectivity index (χ0n) is 26.8. The van der Waals surface area contributed by atoms with Crippen LogP contribution in [0.3, 0.4) is 0 Å². The van der Waals surface area contributed by atoms with Crippen molar-refractivity contribution < 1.29 is 29.0 Å². The number of nitrogens with zero attached hydrogens (tertiary/aromatic N) is 1. The molecule has 0 saturated heterocycles. The van der Waals surface area contributed by atoms with Crippen molar-refractivity contribution in [3.63, 3.8) is 0 Å². The van der Waals surface area contributed by atoms with Gasteiger partial charge in [0.25, 0.3) is 11.8 Å². The van der Waals surface area contributed by atoms with E-state index in [1.807, 2.05) is 6.07 Å². The number of hydrogen-bond donors (Lipinski definition) is 5. The van der Waals surface area contributed by atoms with E-state index in [0.29, 0.717) is 28.9 Å². The third kappa shape index (κ3) is 6.24. The number of H-pyrrole nitrogens is 1. The first-order chi connectivity index (χ1) is 23.2. The Morgan fingerprint density at radius 3 is 2.25 bits per heavy atom. The second kappa shape index (κ2) is 12.8. The summed E-state index contributed by atoms with van der Waals surface area (Å²) in [6, 6.07) is 16.4. The lowest BCUT2D eigenvalue weighted by atomic mass is 9.49. The number of hydrogen-bond acceptors (Lipinski definition) is 6. The highest BCUT2D eigenvalue weighted by Gasteiger charge is 2.50. The van der Waals surface area contributed by atoms with Crippen molar-refractivity contribution in [2.75, 3.05) is 25.5 Å². The number of carbonyl (C=O) groups is 4. The molecule has 1 unspecified atom stereocenters. The second-order valence-corrected chi connectivity index (χ2v) is 13.8. The number of aromatic nitrogens is 2. The summed E-state index contributed by atoms with van der Waals surface area (Å²) < 4.78 is 5.35. The fraction of sp³-hybridized carbons (Fsp3) is 0.378. The first-order valence-electron chi connectivity index (χ1n) is 16.5. The largest absolute Gasteiger partial charge is 0.495 e. The number of amides is 3. The number of carboxylic acids is 1. The van der Waals surface area contributed by atoms with Gasteiger partial charge in [-0.2, -0.15) is 0 Å². The second-order valence-electron chi connectivity index (χ2n) is 13.8. The Labute approximate surface area is 277 Å². The average Bonchev–Trinajstić information content (AvgIpc) is 3.54. The molecule has 1 aromatic heterocycles. The number of nitrogens with one attached hydrogen (secondary N) is 4. The number of aromatic carboxylic acids is 1. The molecule has 0 spiro atoms. The summed E-state index contributed by atoms with van der Waals surface area (Å²) >= 11 is 0. The SMILES string of the molecule is COc1ccc(C(=O)O)cc1NC(=O)C(CNC(=O)c1cc2nc[nH]c2cc1C(=O)NCC12CC3CC(CC(C3)C1)C2)c1ccccc1. The normalized spacial score (nSPS) is 23.0. The van der Waals surface area contributed by atoms with Crippen molar-refractivity contribution in [1.29, 1.82) is 0 Å². The standard InChI is InChI=1S/C37H39N5O6/c1-48-32-8-7-25(36(46)47)12-31(32)42-35(45)28(24-5-3-2-4-6-24)18-38-33(43)26-13-29-30(41-20-40-29)14-27(26)34(44)39-19-37-15-21-9-22(16-37)11-23(10-21)17-37/h2-8,12-14,20-23,28H,9-11,15-19H2,1H3,(H,38,43)(H,39,44)(H,40,41)(H,42,45)(H,46,47). The summed E-state index contributed by atoms with van der Waals surface area (Å²) in [5, 5.41) is 18.3. The van der Waals surface area contributed by atoms with E-state index in [1.165, 1.54) is 50.9 Å². The van der Waals surface area contributed by atoms with Crippen LogP contribution in [0.2, 0.25) is 0 Å². The van der Waals surface area contributed by atoms with Gasteiger partial charge in [-0.25, -0.2) is 9.78 Å². The number of carbonyl (C=O) groups excluding carboxylic acids is 3. The number of anilines is 1. The summed E-state index contributed by atoms with van der Waals surface area (Å²) in [6.45, 7) is 0.503. The smallest absolute Gasteiger partial charge is 0.335 e. The molecule has 1 heterocycles. The summed E-state index contributed by atoms with van der Waals surface area (Å²) in [6.07, 6.45) is 8.94. The Morgan fingerprint density at radius 2 is 1.58 bits per heavy atom. The van der Waals surface area contributed by atoms with Crippen LogP contribution < -0.4 is 20.7 Å². The molecule has 4 aromatic rings. The van der Waals surface area contributed by atoms with Gasteiger partial charge in [-0.15, -0.1) is 0 Å². The minimum Gasteiger partial charge on any atom is -0.495 e. The molecule has 11 heteroatoms. The van der Waals surface area contributed by atoms with Crippen LogP contribution in [0.4, 0.5) is 5.69 Å². The van der Waals surface area contributed by atoms with E-state index in [0.717, 1.165) is 37.0 Å². The number of carboxylic acid groups (broad SMARTS) is 1. The molecule has 4 fully saturated rings. The van der Waals surface area contributed by atoms with E-state index in [-0.39, 0.29) is 40.2 Å². The minimum atomic E-state index is -1.15. The molecule has 4 bridgehead atoms. The molecule has 3 amide bonds. The highest BCUT2D eigenvalue weighted by molar-refractivity contribution is 6.10. The lowest BCUT2D eigenvalue weighted by molar-refractivity contribution is -0.117. The van der Waals surface area contributed by atoms with Crippen molar-refractivity contribution in [3.05, 3.63) is 89.2 Å². The predicted octanol–water partition coefficient (Wildman–Crippen LogP) is 5.37. The number of benzene rings is 3. The quantitative estimate of drug-likeness (QED) is 0.146. The van der Waals surface area contributed by atoms with Crippen molar-refractivity contribution in [2.45, 2.75) is 44.4 Å². The van der Waals surface area contributed by atoms with Crippen molar-refractivity contribution in [3.8, 4) is 5.75 Å². The van der Waals surface area contributed by atoms with E-state index in [9.17, 15) is 24.3 Å². The number of fused-ring (bicyclic) bond motifs is 1. The van der Waals surface area contributed by atoms with Gasteiger partial charge in [-0.1, -0.05) is 30.3 Å². The molecule has 1 atom stereocenters. The van der Waals surface area contributed by atoms with E-state index in [2.05, 4.69) is 25.9 Å². The molecule has 4 saturated carbocycles. The minimum absolute atomic E-state index is 0.0154. The Kier molecular flexibility index (Phi) is 8.36. The van der Waals surface area contributed by atoms with Gasteiger partial charge in [0.1, 0.15) is 5.75 Å². The van der Waals surface area contributed by atoms with Crippen LogP contribution in [-0.2, 0) is 4.79 Å². The van der Waals surface area contributed by atoms with Crippen molar-refractivity contribution in [1.82, 2.24) is 20.6 Å². The zero-order chi connectivity index (χ0) is 33.4. The van der Waals surface area contributed by atoms with Gasteiger partial charge in [-0.3, -0.25) is 14.4 Å². The molecular weight excluding hydrogens is 610 g/mol. The van der Waals surface area contributed by atoms with Crippen molar-refractivity contribution >= 4 is 40.4 Å². The van der Waals surface area contributed by atoms with Crippen LogP contribution in [0, 0.1) is 23.2 Å². The number of rotatable bonds is 11. The van der Waals surface area contributed by atoms with Crippen LogP contribution in [0.1, 0.15) is 81.1 Å². The fourth-order valence-corrected chi connectivity index (χ4v) is 8.72. The zero-order valence-corrected chi connectivity index (χ0v) is 26.8. The summed E-state index contributed by atoms with van der Waals surface area (Å²) in [4.78, 5) is 60.3. The highest BCUT2D eigenvalue weighted by atomic mass is 16.5. The molecule has 3 aromatic carbocycles. The maximum atomic E-state index is 13.9. The van der Waals surface area contributed by atoms with Gasteiger partial charge in [0.2, 0.25) is 5.91 Å². The maximum Gasteiger partial charge on any atom is 0.335 e. The number of aromatic amines is 1. The van der Waals surface area contributed by atoms with E-state index in [4.69, 9.17) is 4.74 Å². The summed E-state index contributed by atoms with van der Waals surface area (Å²) in [7, 11) is 1.42. The van der Waals surface area contributed by atoms with E-state index >= 15 is 0 Å². The third-order valence-electron chi connectivity index (χ3n) is 10.5. The maximum absolute atomic E-state index is 13.9. The van der Waals surface area contributed by atoms with Crippen LogP contribution in [0.25, 0.3) is 11.0 Å². The van der Waals surface area contributed by atoms with Crippen molar-refractivity contribution in [2.24, 2.45) is 23.2 Å². The van der Waals surface area contributed by atoms with Gasteiger partial charge in [0, 0.05) is 13.1 Å². The lowest BCUT2D eigenvalue weighted by Crippen LogP contribution is -2.51. The number of ether oxygens (including phenoxy) is 1. The Hall–Kier alpha value is -5.19. The van der Waals surface area contributed by atoms with Crippen LogP contribution >= 0.6 is 0 Å². The molecule has 0 radical (unpaired) electrons. The molecule has 0 aliphatic heterocycles. The average molecular weight is 650 g/mol. The summed E-state index contributed by atoms with van der Waals surface area (Å²) in [5.41, 5.74) is 2.54. The van der Waals surface area contributed by atoms with Crippen LogP contribution in [0.5, 0.6) is 5.75 Å². The van der Waals surface area contributed by atoms with Gasteiger partial charge < -0.3 is 30.8 Å². The molecular formula is C37H39N5O6. The molecule has 5 N–H and O–H groups in total. The van der Waals surface area contributed by atoms with Gasteiger partial charge in [0.05, 0.1) is 52.8 Å². The molecule has 11 nitrogen and oxygen atoms in total. The monoisotopic (exact) mass is 649 g/mol. The third-order valence-corrected chi connectivity index (χ3v) is 10.5. The Balaban J connectivity index is 1.11. The number of methoxy groups -OCH3 is 1. The van der Waals surface area contributed by atoms with Gasteiger partial charge >= 0.3 is 5.97 Å². The van der Waals surface area contributed by atoms with Gasteiger partial charge in [0.15, 0.2) is 0 Å². The van der Waals surface area contributed by atoms with Crippen LogP contribution in [0.15, 0.2) is 67.0 Å². The highest BCUT2D eigenvalue weighted by Crippen LogP contribution is 2.59. The van der Waals surface area contributed by atoms with E-state index in [1.54, 1.807) is 36.4 Å². The molecule has 48 heavy (non-hydrogen) atoms. The van der Waals surface area contributed by atoms with Crippen LogP contribution in [-0.4, -0.2) is 59.0 Å². The predicted molar refractivity (Wildman–Crippen MR) is 179 cm³/mol.